The molecular formula is C17H21N5O. The molecule has 2 aromatic heterocycles. The molecule has 2 aromatic rings. The Morgan fingerprint density at radius 2 is 2.04 bits per heavy atom. The standard InChI is InChI=1S/C17H21N5O/c1-21-8-15(7-20-21)17(23)22-9-14-3-2-13(16(14)10-22)4-12-5-18-11-19-6-12/h5-8,11,13-14,16H,2-4,9-10H2,1H3/t13-,14-,16-/m1/s1. The van der Waals surface area contributed by atoms with E-state index >= 15 is 0 Å². The Labute approximate surface area is 135 Å². The largest absolute Gasteiger partial charge is 0.338 e. The minimum absolute atomic E-state index is 0.120. The first kappa shape index (κ1) is 14.4. The van der Waals surface area contributed by atoms with Gasteiger partial charge in [0.15, 0.2) is 0 Å². The lowest BCUT2D eigenvalue weighted by molar-refractivity contribution is 0.0776. The van der Waals surface area contributed by atoms with Crippen molar-refractivity contribution in [1.29, 1.82) is 0 Å². The van der Waals surface area contributed by atoms with E-state index in [0.29, 0.717) is 23.3 Å². The molecule has 2 aliphatic rings. The maximum absolute atomic E-state index is 12.6. The van der Waals surface area contributed by atoms with Crippen LogP contribution in [0, 0.1) is 17.8 Å². The Kier molecular flexibility index (Phi) is 3.59. The summed E-state index contributed by atoms with van der Waals surface area (Å²) in [6, 6.07) is 0. The van der Waals surface area contributed by atoms with E-state index in [-0.39, 0.29) is 5.91 Å². The maximum Gasteiger partial charge on any atom is 0.257 e. The van der Waals surface area contributed by atoms with Crippen molar-refractivity contribution in [3.63, 3.8) is 0 Å². The molecule has 1 amide bonds. The predicted octanol–water partition coefficient (Wildman–Crippen LogP) is 1.55. The number of hydrogen-bond acceptors (Lipinski definition) is 4. The molecule has 1 saturated carbocycles. The van der Waals surface area contributed by atoms with Crippen LogP contribution in [0.25, 0.3) is 0 Å². The minimum atomic E-state index is 0.120. The maximum atomic E-state index is 12.6. The highest BCUT2D eigenvalue weighted by Crippen LogP contribution is 2.43. The normalized spacial score (nSPS) is 26.5. The molecule has 4 rings (SSSR count). The van der Waals surface area contributed by atoms with E-state index in [0.717, 1.165) is 19.5 Å². The lowest BCUT2D eigenvalue weighted by Gasteiger charge is -2.20. The molecule has 3 heterocycles. The number of carbonyl (C=O) groups is 1. The third kappa shape index (κ3) is 2.73. The van der Waals surface area contributed by atoms with Gasteiger partial charge in [-0.3, -0.25) is 9.48 Å². The van der Waals surface area contributed by atoms with E-state index in [9.17, 15) is 4.79 Å². The molecule has 0 aromatic carbocycles. The van der Waals surface area contributed by atoms with E-state index in [4.69, 9.17) is 0 Å². The smallest absolute Gasteiger partial charge is 0.257 e. The Morgan fingerprint density at radius 1 is 1.22 bits per heavy atom. The highest BCUT2D eigenvalue weighted by atomic mass is 16.2. The second kappa shape index (κ2) is 5.76. The van der Waals surface area contributed by atoms with Crippen molar-refractivity contribution >= 4 is 5.91 Å². The van der Waals surface area contributed by atoms with E-state index < -0.39 is 0 Å². The van der Waals surface area contributed by atoms with Gasteiger partial charge in [-0.15, -0.1) is 0 Å². The molecular weight excluding hydrogens is 290 g/mol. The fraction of sp³-hybridized carbons (Fsp3) is 0.529. The molecule has 1 aliphatic heterocycles. The third-order valence-electron chi connectivity index (χ3n) is 5.36. The molecule has 1 saturated heterocycles. The summed E-state index contributed by atoms with van der Waals surface area (Å²) in [6.07, 6.45) is 12.4. The number of aryl methyl sites for hydroxylation is 1. The molecule has 120 valence electrons. The lowest BCUT2D eigenvalue weighted by Crippen LogP contribution is -2.30. The highest BCUT2D eigenvalue weighted by molar-refractivity contribution is 5.93. The quantitative estimate of drug-likeness (QED) is 0.863. The number of hydrogen-bond donors (Lipinski definition) is 0. The number of nitrogens with zero attached hydrogens (tertiary/aromatic N) is 5. The van der Waals surface area contributed by atoms with Gasteiger partial charge >= 0.3 is 0 Å². The van der Waals surface area contributed by atoms with Gasteiger partial charge in [-0.25, -0.2) is 9.97 Å². The van der Waals surface area contributed by atoms with E-state index in [1.165, 1.54) is 18.4 Å². The van der Waals surface area contributed by atoms with E-state index in [1.54, 1.807) is 23.4 Å². The number of amides is 1. The van der Waals surface area contributed by atoms with Crippen LogP contribution in [-0.4, -0.2) is 43.6 Å². The molecule has 23 heavy (non-hydrogen) atoms. The summed E-state index contributed by atoms with van der Waals surface area (Å²) in [6.45, 7) is 1.76. The summed E-state index contributed by atoms with van der Waals surface area (Å²) in [5, 5.41) is 4.11. The fourth-order valence-electron chi connectivity index (χ4n) is 4.25. The molecule has 6 heteroatoms. The van der Waals surface area contributed by atoms with Crippen LogP contribution in [0.2, 0.25) is 0 Å². The zero-order chi connectivity index (χ0) is 15.8. The van der Waals surface area contributed by atoms with Crippen LogP contribution in [0.3, 0.4) is 0 Å². The first-order chi connectivity index (χ1) is 11.2. The molecule has 0 spiro atoms. The van der Waals surface area contributed by atoms with Gasteiger partial charge in [0, 0.05) is 38.7 Å². The molecule has 2 fully saturated rings. The minimum Gasteiger partial charge on any atom is -0.338 e. The van der Waals surface area contributed by atoms with Crippen LogP contribution < -0.4 is 0 Å². The van der Waals surface area contributed by atoms with Crippen molar-refractivity contribution in [3.05, 3.63) is 42.2 Å². The van der Waals surface area contributed by atoms with Gasteiger partial charge in [0.25, 0.3) is 5.91 Å². The summed E-state index contributed by atoms with van der Waals surface area (Å²) in [5.41, 5.74) is 1.90. The number of likely N-dealkylation sites (tertiary alicyclic amines) is 1. The second-order valence-corrected chi connectivity index (χ2v) is 6.83. The molecule has 0 N–H and O–H groups in total. The van der Waals surface area contributed by atoms with Crippen LogP contribution in [-0.2, 0) is 13.5 Å². The van der Waals surface area contributed by atoms with Crippen LogP contribution in [0.1, 0.15) is 28.8 Å². The topological polar surface area (TPSA) is 63.9 Å². The Hall–Kier alpha value is -2.24. The van der Waals surface area contributed by atoms with Crippen molar-refractivity contribution in [2.75, 3.05) is 13.1 Å². The summed E-state index contributed by atoms with van der Waals surface area (Å²) in [5.74, 6) is 2.01. The number of aromatic nitrogens is 4. The summed E-state index contributed by atoms with van der Waals surface area (Å²) < 4.78 is 1.68. The Bertz CT molecular complexity index is 698. The van der Waals surface area contributed by atoms with Gasteiger partial charge in [-0.2, -0.15) is 5.10 Å². The molecule has 3 atom stereocenters. The fourth-order valence-corrected chi connectivity index (χ4v) is 4.25. The number of fused-ring (bicyclic) bond motifs is 1. The molecule has 0 unspecified atom stereocenters. The lowest BCUT2D eigenvalue weighted by atomic mass is 9.88. The third-order valence-corrected chi connectivity index (χ3v) is 5.36. The van der Waals surface area contributed by atoms with Crippen molar-refractivity contribution in [1.82, 2.24) is 24.6 Å². The van der Waals surface area contributed by atoms with Gasteiger partial charge in [-0.1, -0.05) is 0 Å². The monoisotopic (exact) mass is 311 g/mol. The predicted molar refractivity (Wildman–Crippen MR) is 84.6 cm³/mol. The summed E-state index contributed by atoms with van der Waals surface area (Å²) in [7, 11) is 1.84. The first-order valence-electron chi connectivity index (χ1n) is 8.22. The van der Waals surface area contributed by atoms with Gasteiger partial charge in [0.05, 0.1) is 11.8 Å². The molecule has 0 bridgehead atoms. The van der Waals surface area contributed by atoms with E-state index in [2.05, 4.69) is 15.1 Å². The van der Waals surface area contributed by atoms with Crippen LogP contribution in [0.15, 0.2) is 31.1 Å². The first-order valence-corrected chi connectivity index (χ1v) is 8.22. The van der Waals surface area contributed by atoms with Crippen molar-refractivity contribution in [2.45, 2.75) is 19.3 Å². The number of rotatable bonds is 3. The van der Waals surface area contributed by atoms with Gasteiger partial charge in [-0.05, 0) is 42.6 Å². The highest BCUT2D eigenvalue weighted by Gasteiger charge is 2.43. The van der Waals surface area contributed by atoms with Crippen LogP contribution in [0.4, 0.5) is 0 Å². The van der Waals surface area contributed by atoms with E-state index in [1.807, 2.05) is 24.3 Å². The number of carbonyl (C=O) groups excluding carboxylic acids is 1. The van der Waals surface area contributed by atoms with Crippen molar-refractivity contribution in [3.8, 4) is 0 Å². The Balaban J connectivity index is 1.44. The summed E-state index contributed by atoms with van der Waals surface area (Å²) >= 11 is 0. The SMILES string of the molecule is Cn1cc(C(=O)N2C[C@H]3CC[C@H](Cc4cncnc4)[C@H]3C2)cn1. The molecule has 6 nitrogen and oxygen atoms in total. The zero-order valence-electron chi connectivity index (χ0n) is 13.3. The average Bonchev–Trinajstić information content (AvgIpc) is 3.25. The van der Waals surface area contributed by atoms with Gasteiger partial charge < -0.3 is 4.90 Å². The Morgan fingerprint density at radius 3 is 2.78 bits per heavy atom. The molecule has 0 radical (unpaired) electrons. The zero-order valence-corrected chi connectivity index (χ0v) is 13.3. The van der Waals surface area contributed by atoms with Gasteiger partial charge in [0.2, 0.25) is 0 Å². The van der Waals surface area contributed by atoms with Crippen LogP contribution in [0.5, 0.6) is 0 Å². The van der Waals surface area contributed by atoms with Crippen molar-refractivity contribution in [2.24, 2.45) is 24.8 Å². The second-order valence-electron chi connectivity index (χ2n) is 6.83. The molecule has 1 aliphatic carbocycles. The average molecular weight is 311 g/mol. The van der Waals surface area contributed by atoms with Crippen LogP contribution >= 0.6 is 0 Å². The summed E-state index contributed by atoms with van der Waals surface area (Å²) in [4.78, 5) is 22.8. The van der Waals surface area contributed by atoms with Gasteiger partial charge in [0.1, 0.15) is 6.33 Å². The van der Waals surface area contributed by atoms with Crippen molar-refractivity contribution < 1.29 is 4.79 Å².